The molecule has 1 aromatic heterocycles. The number of carbonyl (C=O) groups excluding carboxylic acids is 1. The molecule has 10 heteroatoms. The number of benzene rings is 3. The number of aromatic nitrogens is 2. The Morgan fingerprint density at radius 2 is 1.77 bits per heavy atom. The highest BCUT2D eigenvalue weighted by Crippen LogP contribution is 2.29. The number of H-pyrrole nitrogens is 1. The third-order valence-corrected chi connectivity index (χ3v) is 6.49. The summed E-state index contributed by atoms with van der Waals surface area (Å²) >= 11 is 12.2. The van der Waals surface area contributed by atoms with Crippen LogP contribution in [-0.2, 0) is 10.0 Å². The zero-order valence-electron chi connectivity index (χ0n) is 15.2. The van der Waals surface area contributed by atoms with Gasteiger partial charge in [0.25, 0.3) is 15.9 Å². The quantitative estimate of drug-likeness (QED) is 0.392. The lowest BCUT2D eigenvalue weighted by Gasteiger charge is -2.13. The van der Waals surface area contributed by atoms with E-state index in [-0.39, 0.29) is 26.3 Å². The van der Waals surface area contributed by atoms with Gasteiger partial charge < -0.3 is 5.32 Å². The Morgan fingerprint density at radius 1 is 0.967 bits per heavy atom. The van der Waals surface area contributed by atoms with Crippen LogP contribution in [0.2, 0.25) is 10.0 Å². The van der Waals surface area contributed by atoms with Crippen LogP contribution in [0.5, 0.6) is 0 Å². The summed E-state index contributed by atoms with van der Waals surface area (Å²) in [6, 6.07) is 15.8. The third-order valence-electron chi connectivity index (χ3n) is 4.32. The van der Waals surface area contributed by atoms with Gasteiger partial charge in [-0.3, -0.25) is 14.6 Å². The maximum absolute atomic E-state index is 12.8. The average Bonchev–Trinajstić information content (AvgIpc) is 3.20. The van der Waals surface area contributed by atoms with E-state index in [9.17, 15) is 13.2 Å². The van der Waals surface area contributed by atoms with Crippen LogP contribution in [0.4, 0.5) is 11.4 Å². The predicted molar refractivity (Wildman–Crippen MR) is 118 cm³/mol. The number of carbonyl (C=O) groups is 1. The molecule has 0 atom stereocenters. The number of sulfonamides is 1. The number of hydrogen-bond donors (Lipinski definition) is 3. The van der Waals surface area contributed by atoms with Gasteiger partial charge >= 0.3 is 0 Å². The second-order valence-electron chi connectivity index (χ2n) is 6.32. The first-order valence-corrected chi connectivity index (χ1v) is 10.9. The minimum absolute atomic E-state index is 0.00298. The largest absolute Gasteiger partial charge is 0.322 e. The molecule has 0 fully saturated rings. The standard InChI is InChI=1S/C20H14Cl2N4O3S/c21-15-6-1-2-7-17(15)26-30(28,29)18-10-13(8-9-16(18)22)24-20(27)14-5-3-4-12-11-23-25-19(12)14/h1-11,26H,(H,23,25)(H,24,27). The molecule has 7 nitrogen and oxygen atoms in total. The van der Waals surface area contributed by atoms with Gasteiger partial charge in [0, 0.05) is 11.1 Å². The lowest BCUT2D eigenvalue weighted by Crippen LogP contribution is -2.16. The lowest BCUT2D eigenvalue weighted by molar-refractivity contribution is 0.102. The number of halogens is 2. The minimum Gasteiger partial charge on any atom is -0.322 e. The number of hydrogen-bond acceptors (Lipinski definition) is 4. The molecule has 0 bridgehead atoms. The normalized spacial score (nSPS) is 11.4. The van der Waals surface area contributed by atoms with E-state index < -0.39 is 15.9 Å². The third kappa shape index (κ3) is 3.97. The highest BCUT2D eigenvalue weighted by atomic mass is 35.5. The average molecular weight is 461 g/mol. The number of para-hydroxylation sites is 2. The fourth-order valence-electron chi connectivity index (χ4n) is 2.89. The highest BCUT2D eigenvalue weighted by Gasteiger charge is 2.21. The van der Waals surface area contributed by atoms with Crippen molar-refractivity contribution in [2.24, 2.45) is 0 Å². The van der Waals surface area contributed by atoms with Crippen molar-refractivity contribution in [3.05, 3.63) is 82.5 Å². The number of amides is 1. The van der Waals surface area contributed by atoms with E-state index in [4.69, 9.17) is 23.2 Å². The molecule has 1 heterocycles. The highest BCUT2D eigenvalue weighted by molar-refractivity contribution is 7.92. The molecule has 0 spiro atoms. The summed E-state index contributed by atoms with van der Waals surface area (Å²) in [7, 11) is -4.05. The van der Waals surface area contributed by atoms with E-state index in [1.165, 1.54) is 24.3 Å². The Labute approximate surface area is 182 Å². The van der Waals surface area contributed by atoms with Crippen molar-refractivity contribution in [1.29, 1.82) is 0 Å². The predicted octanol–water partition coefficient (Wildman–Crippen LogP) is 4.92. The molecule has 0 saturated carbocycles. The van der Waals surface area contributed by atoms with E-state index in [0.717, 1.165) is 5.39 Å². The molecule has 0 aliphatic rings. The summed E-state index contributed by atoms with van der Waals surface area (Å²) < 4.78 is 28.1. The summed E-state index contributed by atoms with van der Waals surface area (Å²) in [4.78, 5) is 12.5. The Balaban J connectivity index is 1.64. The van der Waals surface area contributed by atoms with Gasteiger partial charge in [-0.2, -0.15) is 5.10 Å². The zero-order valence-corrected chi connectivity index (χ0v) is 17.5. The van der Waals surface area contributed by atoms with Crippen LogP contribution in [-0.4, -0.2) is 24.5 Å². The van der Waals surface area contributed by atoms with Crippen LogP contribution < -0.4 is 10.0 Å². The fourth-order valence-corrected chi connectivity index (χ4v) is 4.73. The van der Waals surface area contributed by atoms with Gasteiger partial charge in [-0.15, -0.1) is 0 Å². The maximum Gasteiger partial charge on any atom is 0.263 e. The van der Waals surface area contributed by atoms with Crippen molar-refractivity contribution in [2.45, 2.75) is 4.90 Å². The molecule has 3 N–H and O–H groups in total. The van der Waals surface area contributed by atoms with Gasteiger partial charge in [-0.25, -0.2) is 8.42 Å². The van der Waals surface area contributed by atoms with Gasteiger partial charge in [0.05, 0.1) is 33.0 Å². The molecule has 0 unspecified atom stereocenters. The molecule has 4 rings (SSSR count). The molecule has 3 aromatic carbocycles. The fraction of sp³-hybridized carbons (Fsp3) is 0. The Hall–Kier alpha value is -3.07. The first-order chi connectivity index (χ1) is 14.3. The number of nitrogens with one attached hydrogen (secondary N) is 3. The first-order valence-electron chi connectivity index (χ1n) is 8.65. The molecule has 0 saturated heterocycles. The van der Waals surface area contributed by atoms with Crippen molar-refractivity contribution in [3.8, 4) is 0 Å². The topological polar surface area (TPSA) is 104 Å². The van der Waals surface area contributed by atoms with E-state index in [1.54, 1.807) is 36.5 Å². The van der Waals surface area contributed by atoms with Crippen LogP contribution in [0.15, 0.2) is 71.8 Å². The van der Waals surface area contributed by atoms with Crippen molar-refractivity contribution in [2.75, 3.05) is 10.0 Å². The molecule has 0 aliphatic carbocycles. The molecule has 4 aromatic rings. The van der Waals surface area contributed by atoms with Crippen molar-refractivity contribution in [1.82, 2.24) is 10.2 Å². The summed E-state index contributed by atoms with van der Waals surface area (Å²) in [5.41, 5.74) is 1.44. The number of fused-ring (bicyclic) bond motifs is 1. The number of aromatic amines is 1. The molecule has 0 aliphatic heterocycles. The van der Waals surface area contributed by atoms with Crippen molar-refractivity contribution in [3.63, 3.8) is 0 Å². The van der Waals surface area contributed by atoms with Crippen LogP contribution in [0.3, 0.4) is 0 Å². The second-order valence-corrected chi connectivity index (χ2v) is 8.79. The summed E-state index contributed by atoms with van der Waals surface area (Å²) in [6.45, 7) is 0. The second kappa shape index (κ2) is 7.98. The smallest absolute Gasteiger partial charge is 0.263 e. The molecular weight excluding hydrogens is 447 g/mol. The van der Waals surface area contributed by atoms with Gasteiger partial charge in [-0.1, -0.05) is 47.5 Å². The zero-order chi connectivity index (χ0) is 21.3. The first kappa shape index (κ1) is 20.2. The monoisotopic (exact) mass is 460 g/mol. The van der Waals surface area contributed by atoms with Gasteiger partial charge in [0.1, 0.15) is 4.90 Å². The Bertz CT molecular complexity index is 1370. The number of rotatable bonds is 5. The van der Waals surface area contributed by atoms with Crippen LogP contribution in [0, 0.1) is 0 Å². The van der Waals surface area contributed by atoms with Gasteiger partial charge in [-0.05, 0) is 36.4 Å². The number of anilines is 2. The van der Waals surface area contributed by atoms with E-state index in [0.29, 0.717) is 11.1 Å². The summed E-state index contributed by atoms with van der Waals surface area (Å²) in [5, 5.41) is 10.4. The van der Waals surface area contributed by atoms with Crippen molar-refractivity contribution >= 4 is 61.4 Å². The molecule has 30 heavy (non-hydrogen) atoms. The maximum atomic E-state index is 12.8. The molecular formula is C20H14Cl2N4O3S. The minimum atomic E-state index is -4.05. The van der Waals surface area contributed by atoms with Crippen LogP contribution in [0.1, 0.15) is 10.4 Å². The summed E-state index contributed by atoms with van der Waals surface area (Å²) in [6.07, 6.45) is 1.61. The Morgan fingerprint density at radius 3 is 2.57 bits per heavy atom. The lowest BCUT2D eigenvalue weighted by atomic mass is 10.1. The van der Waals surface area contributed by atoms with Crippen LogP contribution >= 0.6 is 23.2 Å². The summed E-state index contributed by atoms with van der Waals surface area (Å²) in [5.74, 6) is -0.422. The van der Waals surface area contributed by atoms with Gasteiger partial charge in [0.15, 0.2) is 0 Å². The number of nitrogens with zero attached hydrogens (tertiary/aromatic N) is 1. The van der Waals surface area contributed by atoms with Crippen molar-refractivity contribution < 1.29 is 13.2 Å². The molecule has 152 valence electrons. The SMILES string of the molecule is O=C(Nc1ccc(Cl)c(S(=O)(=O)Nc2ccccc2Cl)c1)c1cccc2cn[nH]c12. The molecule has 0 radical (unpaired) electrons. The molecule has 1 amide bonds. The van der Waals surface area contributed by atoms with E-state index in [2.05, 4.69) is 20.2 Å². The van der Waals surface area contributed by atoms with E-state index >= 15 is 0 Å². The van der Waals surface area contributed by atoms with Crippen LogP contribution in [0.25, 0.3) is 10.9 Å². The Kier molecular flexibility index (Phi) is 5.38. The van der Waals surface area contributed by atoms with E-state index in [1.807, 2.05) is 6.07 Å². The van der Waals surface area contributed by atoms with Gasteiger partial charge in [0.2, 0.25) is 0 Å².